The summed E-state index contributed by atoms with van der Waals surface area (Å²) in [7, 11) is 1.55. The molecule has 0 atom stereocenters. The van der Waals surface area contributed by atoms with Crippen molar-refractivity contribution in [3.05, 3.63) is 42.0 Å². The van der Waals surface area contributed by atoms with Gasteiger partial charge in [-0.05, 0) is 24.3 Å². The lowest BCUT2D eigenvalue weighted by Crippen LogP contribution is -2.17. The van der Waals surface area contributed by atoms with Crippen LogP contribution in [0.2, 0.25) is 0 Å². The second-order valence-corrected chi connectivity index (χ2v) is 5.44. The highest BCUT2D eigenvalue weighted by Crippen LogP contribution is 2.15. The number of ether oxygens (including phenoxy) is 2. The summed E-state index contributed by atoms with van der Waals surface area (Å²) in [4.78, 5) is 19.9. The van der Waals surface area contributed by atoms with Crippen LogP contribution in [0.25, 0.3) is 0 Å². The SMILES string of the molecule is CCSF.COCCOc1cnc(C(=O)Nc2ccc(F)cc2)c(N)n1. The number of nitrogens with two attached hydrogens (primary N) is 1. The predicted octanol–water partition coefficient (Wildman–Crippen LogP) is 3.10. The predicted molar refractivity (Wildman–Crippen MR) is 97.4 cm³/mol. The molecule has 142 valence electrons. The fourth-order valence-corrected chi connectivity index (χ4v) is 1.58. The standard InChI is InChI=1S/C14H15FN4O3.C2H5FS/c1-21-6-7-22-11-8-17-12(13(16)19-11)14(20)18-10-4-2-9(15)3-5-10;1-2-4-3/h2-5,8H,6-7H2,1H3,(H2,16,19)(H,18,20);2H2,1H3. The van der Waals surface area contributed by atoms with E-state index in [1.165, 1.54) is 30.5 Å². The van der Waals surface area contributed by atoms with Gasteiger partial charge in [-0.2, -0.15) is 8.87 Å². The van der Waals surface area contributed by atoms with Gasteiger partial charge in [0.25, 0.3) is 5.91 Å². The monoisotopic (exact) mass is 386 g/mol. The summed E-state index contributed by atoms with van der Waals surface area (Å²) in [6, 6.07) is 5.33. The fourth-order valence-electron chi connectivity index (χ4n) is 1.58. The molecular formula is C16H20F2N4O3S. The molecule has 0 saturated heterocycles. The lowest BCUT2D eigenvalue weighted by Gasteiger charge is -2.08. The van der Waals surface area contributed by atoms with Crippen molar-refractivity contribution in [2.75, 3.05) is 37.1 Å². The van der Waals surface area contributed by atoms with Crippen LogP contribution in [0.4, 0.5) is 19.8 Å². The normalized spacial score (nSPS) is 9.85. The first kappa shape index (κ1) is 21.6. The Morgan fingerprint density at radius 3 is 2.50 bits per heavy atom. The van der Waals surface area contributed by atoms with E-state index in [1.807, 2.05) is 0 Å². The van der Waals surface area contributed by atoms with Gasteiger partial charge in [-0.15, -0.1) is 0 Å². The first-order valence-electron chi connectivity index (χ1n) is 7.56. The van der Waals surface area contributed by atoms with Crippen LogP contribution in [0.3, 0.4) is 0 Å². The molecule has 0 radical (unpaired) electrons. The van der Waals surface area contributed by atoms with Gasteiger partial charge in [0.2, 0.25) is 5.88 Å². The molecule has 0 aliphatic carbocycles. The number of nitrogens with one attached hydrogen (secondary N) is 1. The molecule has 0 fully saturated rings. The third-order valence-corrected chi connectivity index (χ3v) is 2.96. The Morgan fingerprint density at radius 1 is 1.31 bits per heavy atom. The molecular weight excluding hydrogens is 366 g/mol. The number of amides is 1. The molecule has 0 spiro atoms. The Balaban J connectivity index is 0.000000765. The Bertz CT molecular complexity index is 688. The van der Waals surface area contributed by atoms with Gasteiger partial charge in [-0.3, -0.25) is 4.79 Å². The lowest BCUT2D eigenvalue weighted by atomic mass is 10.3. The Kier molecular flexibility index (Phi) is 9.95. The molecule has 7 nitrogen and oxygen atoms in total. The molecule has 1 aromatic heterocycles. The molecule has 3 N–H and O–H groups in total. The first-order valence-corrected chi connectivity index (χ1v) is 8.45. The van der Waals surface area contributed by atoms with Crippen LogP contribution in [0, 0.1) is 5.82 Å². The van der Waals surface area contributed by atoms with Gasteiger partial charge in [0.05, 0.1) is 12.8 Å². The van der Waals surface area contributed by atoms with E-state index in [0.717, 1.165) is 0 Å². The Morgan fingerprint density at radius 2 is 1.96 bits per heavy atom. The maximum Gasteiger partial charge on any atom is 0.278 e. The van der Waals surface area contributed by atoms with Crippen LogP contribution in [-0.4, -0.2) is 42.0 Å². The van der Waals surface area contributed by atoms with Crippen LogP contribution < -0.4 is 15.8 Å². The van der Waals surface area contributed by atoms with Gasteiger partial charge >= 0.3 is 0 Å². The third-order valence-electron chi connectivity index (χ3n) is 2.74. The average molecular weight is 386 g/mol. The van der Waals surface area contributed by atoms with Crippen molar-refractivity contribution < 1.29 is 22.5 Å². The minimum absolute atomic E-state index is 0.0385. The number of halogens is 2. The molecule has 1 amide bonds. The number of benzene rings is 1. The molecule has 10 heteroatoms. The van der Waals surface area contributed by atoms with E-state index in [1.54, 1.807) is 14.0 Å². The van der Waals surface area contributed by atoms with Gasteiger partial charge < -0.3 is 20.5 Å². The highest BCUT2D eigenvalue weighted by molar-refractivity contribution is 7.94. The summed E-state index contributed by atoms with van der Waals surface area (Å²) in [5.74, 6) is -0.225. The molecule has 0 bridgehead atoms. The number of anilines is 2. The number of hydrogen-bond acceptors (Lipinski definition) is 7. The van der Waals surface area contributed by atoms with Crippen molar-refractivity contribution in [3.8, 4) is 5.88 Å². The van der Waals surface area contributed by atoms with Crippen molar-refractivity contribution in [1.82, 2.24) is 9.97 Å². The van der Waals surface area contributed by atoms with E-state index in [9.17, 15) is 13.1 Å². The second-order valence-electron chi connectivity index (χ2n) is 4.64. The molecule has 1 aromatic carbocycles. The van der Waals surface area contributed by atoms with E-state index in [-0.39, 0.29) is 17.4 Å². The summed E-state index contributed by atoms with van der Waals surface area (Å²) in [6.45, 7) is 2.46. The van der Waals surface area contributed by atoms with E-state index < -0.39 is 11.7 Å². The zero-order valence-corrected chi connectivity index (χ0v) is 15.2. The molecule has 26 heavy (non-hydrogen) atoms. The quantitative estimate of drug-likeness (QED) is 0.705. The van der Waals surface area contributed by atoms with Crippen molar-refractivity contribution >= 4 is 29.6 Å². The molecule has 0 saturated carbocycles. The lowest BCUT2D eigenvalue weighted by molar-refractivity contribution is 0.102. The van der Waals surface area contributed by atoms with Crippen LogP contribution >= 0.6 is 12.1 Å². The number of nitrogen functional groups attached to an aromatic ring is 1. The highest BCUT2D eigenvalue weighted by atomic mass is 32.2. The van der Waals surface area contributed by atoms with Crippen LogP contribution in [0.1, 0.15) is 17.4 Å². The van der Waals surface area contributed by atoms with E-state index >= 15 is 0 Å². The van der Waals surface area contributed by atoms with Crippen LogP contribution in [-0.2, 0) is 4.74 Å². The summed E-state index contributed by atoms with van der Waals surface area (Å²) in [5, 5.41) is 2.55. The maximum absolute atomic E-state index is 12.8. The minimum Gasteiger partial charge on any atom is -0.474 e. The Labute approximate surface area is 154 Å². The van der Waals surface area contributed by atoms with Crippen molar-refractivity contribution in [2.24, 2.45) is 0 Å². The largest absolute Gasteiger partial charge is 0.474 e. The Hall–Kier alpha value is -2.46. The number of aromatic nitrogens is 2. The van der Waals surface area contributed by atoms with Gasteiger partial charge in [0.1, 0.15) is 12.4 Å². The van der Waals surface area contributed by atoms with E-state index in [4.69, 9.17) is 15.2 Å². The number of nitrogens with zero attached hydrogens (tertiary/aromatic N) is 2. The number of methoxy groups -OCH3 is 1. The smallest absolute Gasteiger partial charge is 0.278 e. The first-order chi connectivity index (χ1) is 12.5. The van der Waals surface area contributed by atoms with Gasteiger partial charge in [0.15, 0.2) is 11.5 Å². The molecule has 0 aliphatic heterocycles. The van der Waals surface area contributed by atoms with Gasteiger partial charge in [-0.25, -0.2) is 9.37 Å². The molecule has 2 rings (SSSR count). The second kappa shape index (κ2) is 12.0. The summed E-state index contributed by atoms with van der Waals surface area (Å²) in [5.41, 5.74) is 6.08. The number of carbonyl (C=O) groups is 1. The number of carbonyl (C=O) groups excluding carboxylic acids is 1. The van der Waals surface area contributed by atoms with Crippen molar-refractivity contribution in [1.29, 1.82) is 0 Å². The number of hydrogen-bond donors (Lipinski definition) is 2. The van der Waals surface area contributed by atoms with Crippen molar-refractivity contribution in [2.45, 2.75) is 6.92 Å². The molecule has 1 heterocycles. The van der Waals surface area contributed by atoms with Gasteiger partial charge in [-0.1, -0.05) is 6.92 Å². The fraction of sp³-hybridized carbons (Fsp3) is 0.312. The summed E-state index contributed by atoms with van der Waals surface area (Å²) < 4.78 is 33.5. The summed E-state index contributed by atoms with van der Waals surface area (Å²) >= 11 is 0.356. The third kappa shape index (κ3) is 7.62. The van der Waals surface area contributed by atoms with Crippen molar-refractivity contribution in [3.63, 3.8) is 0 Å². The molecule has 0 aliphatic rings. The zero-order valence-electron chi connectivity index (χ0n) is 14.4. The maximum atomic E-state index is 12.8. The average Bonchev–Trinajstić information content (AvgIpc) is 2.64. The zero-order chi connectivity index (χ0) is 19.4. The number of rotatable bonds is 7. The van der Waals surface area contributed by atoms with E-state index in [0.29, 0.717) is 36.8 Å². The van der Waals surface area contributed by atoms with E-state index in [2.05, 4.69) is 15.3 Å². The highest BCUT2D eigenvalue weighted by Gasteiger charge is 2.14. The molecule has 0 unspecified atom stereocenters. The van der Waals surface area contributed by atoms with Gasteiger partial charge in [0, 0.05) is 30.7 Å². The van der Waals surface area contributed by atoms with Crippen LogP contribution in [0.15, 0.2) is 30.5 Å². The van der Waals surface area contributed by atoms with Crippen LogP contribution in [0.5, 0.6) is 5.88 Å². The topological polar surface area (TPSA) is 99.4 Å². The summed E-state index contributed by atoms with van der Waals surface area (Å²) in [6.07, 6.45) is 1.30. The molecule has 2 aromatic rings. The minimum atomic E-state index is -0.542.